The minimum absolute atomic E-state index is 0.0501. The molecule has 4 rings (SSSR count). The van der Waals surface area contributed by atoms with Gasteiger partial charge in [-0.25, -0.2) is 4.79 Å². The Hall–Kier alpha value is -3.71. The predicted octanol–water partition coefficient (Wildman–Crippen LogP) is -2.08. The van der Waals surface area contributed by atoms with Crippen molar-refractivity contribution in [2.45, 2.75) is 37.3 Å². The van der Waals surface area contributed by atoms with Gasteiger partial charge in [0.1, 0.15) is 17.9 Å². The summed E-state index contributed by atoms with van der Waals surface area (Å²) in [4.78, 5) is 55.5. The Morgan fingerprint density at radius 3 is 2.61 bits per heavy atom. The van der Waals surface area contributed by atoms with Crippen molar-refractivity contribution in [3.63, 3.8) is 0 Å². The predicted molar refractivity (Wildman–Crippen MR) is 115 cm³/mol. The van der Waals surface area contributed by atoms with E-state index >= 15 is 0 Å². The van der Waals surface area contributed by atoms with E-state index in [1.807, 2.05) is 0 Å². The maximum absolute atomic E-state index is 12.5. The third kappa shape index (κ3) is 4.73. The fourth-order valence-corrected chi connectivity index (χ4v) is 4.24. The third-order valence-corrected chi connectivity index (χ3v) is 5.89. The summed E-state index contributed by atoms with van der Waals surface area (Å²) < 4.78 is 0. The molecule has 3 heterocycles. The molecule has 0 radical (unpaired) electrons. The largest absolute Gasteiger partial charge is 0.481 e. The minimum Gasteiger partial charge on any atom is -0.481 e. The van der Waals surface area contributed by atoms with Gasteiger partial charge >= 0.3 is 11.9 Å². The molecule has 176 valence electrons. The number of hydrogen-bond acceptors (Lipinski definition) is 9. The monoisotopic (exact) mass is 459 g/mol. The number of amidine groups is 1. The SMILES string of the molecule is NC1NC(=O)C2C(=NC[C@@H]3CN(c4ccc(C(=O)N[C@@H](CCC(=O)O)C(=O)O)cc4)CN23)N1. The first-order valence-corrected chi connectivity index (χ1v) is 10.5. The molecule has 0 aromatic heterocycles. The van der Waals surface area contributed by atoms with Crippen molar-refractivity contribution in [1.82, 2.24) is 20.9 Å². The molecule has 0 saturated carbocycles. The summed E-state index contributed by atoms with van der Waals surface area (Å²) >= 11 is 0. The zero-order valence-corrected chi connectivity index (χ0v) is 17.6. The van der Waals surface area contributed by atoms with Crippen LogP contribution in [0.1, 0.15) is 23.2 Å². The van der Waals surface area contributed by atoms with Crippen molar-refractivity contribution in [2.24, 2.45) is 10.7 Å². The average molecular weight is 459 g/mol. The normalized spacial score (nSPS) is 25.1. The summed E-state index contributed by atoms with van der Waals surface area (Å²) in [5.74, 6) is -2.67. The molecule has 0 bridgehead atoms. The number of hydrogen-bond donors (Lipinski definition) is 6. The third-order valence-electron chi connectivity index (χ3n) is 5.89. The van der Waals surface area contributed by atoms with Gasteiger partial charge in [0, 0.05) is 30.3 Å². The number of carbonyl (C=O) groups excluding carboxylic acids is 2. The van der Waals surface area contributed by atoms with Crippen molar-refractivity contribution in [1.29, 1.82) is 0 Å². The average Bonchev–Trinajstić information content (AvgIpc) is 3.20. The molecule has 7 N–H and O–H groups in total. The van der Waals surface area contributed by atoms with Crippen LogP contribution in [0.5, 0.6) is 0 Å². The highest BCUT2D eigenvalue weighted by Crippen LogP contribution is 2.27. The maximum atomic E-state index is 12.5. The number of aliphatic carboxylic acids is 2. The molecule has 4 atom stereocenters. The smallest absolute Gasteiger partial charge is 0.326 e. The van der Waals surface area contributed by atoms with Gasteiger partial charge in [0.15, 0.2) is 6.29 Å². The molecule has 0 aliphatic carbocycles. The highest BCUT2D eigenvalue weighted by atomic mass is 16.4. The molecule has 1 aromatic carbocycles. The Morgan fingerprint density at radius 2 is 1.94 bits per heavy atom. The van der Waals surface area contributed by atoms with Gasteiger partial charge in [0.2, 0.25) is 5.91 Å². The standard InChI is InChI=1S/C20H25N7O6/c21-20-24-16-15(18(31)25-20)27-9-26(8-12(27)7-22-16)11-3-1-10(2-4-11)17(30)23-13(19(32)33)5-6-14(28)29/h1-4,12-13,15,20H,5-9,21H2,(H,22,24)(H,23,30)(H,25,31)(H,28,29)(H,32,33)/t12-,13+,15?,20?/m1/s1. The number of nitrogens with zero attached hydrogens (tertiary/aromatic N) is 3. The molecule has 13 heteroatoms. The minimum atomic E-state index is -1.29. The number of amides is 2. The molecule has 1 aromatic rings. The van der Waals surface area contributed by atoms with Crippen molar-refractivity contribution in [3.05, 3.63) is 29.8 Å². The number of benzene rings is 1. The molecule has 3 aliphatic rings. The van der Waals surface area contributed by atoms with E-state index in [0.717, 1.165) is 5.69 Å². The van der Waals surface area contributed by atoms with E-state index in [9.17, 15) is 24.3 Å². The molecule has 13 nitrogen and oxygen atoms in total. The Balaban J connectivity index is 1.40. The van der Waals surface area contributed by atoms with Crippen LogP contribution in [-0.4, -0.2) is 88.9 Å². The highest BCUT2D eigenvalue weighted by Gasteiger charge is 2.46. The first kappa shape index (κ1) is 22.5. The topological polar surface area (TPSA) is 190 Å². The number of rotatable bonds is 7. The van der Waals surface area contributed by atoms with Gasteiger partial charge in [-0.1, -0.05) is 0 Å². The number of nitrogens with one attached hydrogen (secondary N) is 3. The van der Waals surface area contributed by atoms with E-state index in [0.29, 0.717) is 25.6 Å². The van der Waals surface area contributed by atoms with Gasteiger partial charge in [0.05, 0.1) is 13.2 Å². The van der Waals surface area contributed by atoms with Crippen LogP contribution in [0.15, 0.2) is 29.3 Å². The molecule has 2 fully saturated rings. The highest BCUT2D eigenvalue weighted by molar-refractivity contribution is 6.09. The van der Waals surface area contributed by atoms with Crippen LogP contribution in [0.2, 0.25) is 0 Å². The fraction of sp³-hybridized carbons (Fsp3) is 0.450. The van der Waals surface area contributed by atoms with Gasteiger partial charge < -0.3 is 31.1 Å². The van der Waals surface area contributed by atoms with Crippen molar-refractivity contribution < 1.29 is 29.4 Å². The van der Waals surface area contributed by atoms with Gasteiger partial charge in [-0.2, -0.15) is 0 Å². The zero-order valence-electron chi connectivity index (χ0n) is 17.6. The number of aliphatic imine (C=N–C) groups is 1. The van der Waals surface area contributed by atoms with Gasteiger partial charge in [-0.05, 0) is 30.7 Å². The summed E-state index contributed by atoms with van der Waals surface area (Å²) in [5, 5.41) is 26.0. The summed E-state index contributed by atoms with van der Waals surface area (Å²) in [7, 11) is 0. The van der Waals surface area contributed by atoms with E-state index in [4.69, 9.17) is 10.8 Å². The number of carbonyl (C=O) groups is 4. The molecule has 2 saturated heterocycles. The molecular formula is C20H25N7O6. The number of fused-ring (bicyclic) bond motifs is 3. The summed E-state index contributed by atoms with van der Waals surface area (Å²) in [5.41, 5.74) is 6.85. The van der Waals surface area contributed by atoms with Crippen LogP contribution in [0.25, 0.3) is 0 Å². The Kier molecular flexibility index (Phi) is 6.16. The molecular weight excluding hydrogens is 434 g/mol. The Morgan fingerprint density at radius 1 is 1.21 bits per heavy atom. The number of carboxylic acid groups (broad SMARTS) is 2. The second-order valence-electron chi connectivity index (χ2n) is 8.13. The second-order valence-corrected chi connectivity index (χ2v) is 8.13. The number of carboxylic acids is 2. The summed E-state index contributed by atoms with van der Waals surface area (Å²) in [6.07, 6.45) is -1.24. The summed E-state index contributed by atoms with van der Waals surface area (Å²) in [6, 6.07) is 4.88. The van der Waals surface area contributed by atoms with E-state index < -0.39 is 36.2 Å². The lowest BCUT2D eigenvalue weighted by atomic mass is 10.1. The number of anilines is 1. The molecule has 2 amide bonds. The van der Waals surface area contributed by atoms with Crippen LogP contribution in [0.3, 0.4) is 0 Å². The van der Waals surface area contributed by atoms with E-state index in [2.05, 4.69) is 30.7 Å². The lowest BCUT2D eigenvalue weighted by molar-refractivity contribution is -0.140. The summed E-state index contributed by atoms with van der Waals surface area (Å²) in [6.45, 7) is 1.66. The second kappa shape index (κ2) is 9.03. The van der Waals surface area contributed by atoms with E-state index in [1.165, 1.54) is 0 Å². The lowest BCUT2D eigenvalue weighted by Gasteiger charge is -2.40. The van der Waals surface area contributed by atoms with Crippen LogP contribution < -0.4 is 26.6 Å². The van der Waals surface area contributed by atoms with Crippen LogP contribution in [0.4, 0.5) is 5.69 Å². The zero-order chi connectivity index (χ0) is 23.7. The lowest BCUT2D eigenvalue weighted by Crippen LogP contribution is -2.71. The van der Waals surface area contributed by atoms with Crippen molar-refractivity contribution in [2.75, 3.05) is 24.7 Å². The van der Waals surface area contributed by atoms with Crippen LogP contribution in [0, 0.1) is 0 Å². The van der Waals surface area contributed by atoms with E-state index in [1.54, 1.807) is 24.3 Å². The Bertz CT molecular complexity index is 997. The Labute approximate surface area is 188 Å². The van der Waals surface area contributed by atoms with Gasteiger partial charge in [-0.3, -0.25) is 30.0 Å². The quantitative estimate of drug-likeness (QED) is 0.264. The van der Waals surface area contributed by atoms with E-state index in [-0.39, 0.29) is 30.4 Å². The first-order chi connectivity index (χ1) is 15.7. The maximum Gasteiger partial charge on any atom is 0.326 e. The van der Waals surface area contributed by atoms with Gasteiger partial charge in [0.25, 0.3) is 5.91 Å². The molecule has 33 heavy (non-hydrogen) atoms. The molecule has 2 unspecified atom stereocenters. The molecule has 3 aliphatic heterocycles. The van der Waals surface area contributed by atoms with Crippen LogP contribution in [-0.2, 0) is 14.4 Å². The van der Waals surface area contributed by atoms with Crippen LogP contribution >= 0.6 is 0 Å². The number of nitrogens with two attached hydrogens (primary N) is 1. The molecule has 0 spiro atoms. The van der Waals surface area contributed by atoms with Crippen molar-refractivity contribution >= 4 is 35.3 Å². The van der Waals surface area contributed by atoms with Gasteiger partial charge in [-0.15, -0.1) is 0 Å². The first-order valence-electron chi connectivity index (χ1n) is 10.5. The fourth-order valence-electron chi connectivity index (χ4n) is 4.24. The van der Waals surface area contributed by atoms with Crippen molar-refractivity contribution in [3.8, 4) is 0 Å².